The Morgan fingerprint density at radius 1 is 1.17 bits per heavy atom. The molecule has 30 heavy (non-hydrogen) atoms. The number of nitrogens with one attached hydrogen (secondary N) is 2. The normalized spacial score (nSPS) is 11.2. The number of anilines is 1. The smallest absolute Gasteiger partial charge is 0.337 e. The molecule has 10 heteroatoms. The summed E-state index contributed by atoms with van der Waals surface area (Å²) in [6, 6.07) is 11.6. The Hall–Kier alpha value is -2.65. The van der Waals surface area contributed by atoms with Crippen LogP contribution in [0, 0.1) is 0 Å². The summed E-state index contributed by atoms with van der Waals surface area (Å²) >= 11 is 18.6. The van der Waals surface area contributed by atoms with Gasteiger partial charge in [0.1, 0.15) is 5.75 Å². The number of rotatable bonds is 5. The Morgan fingerprint density at radius 2 is 1.93 bits per heavy atom. The Morgan fingerprint density at radius 3 is 2.60 bits per heavy atom. The molecule has 0 fully saturated rings. The van der Waals surface area contributed by atoms with Crippen LogP contribution in [-0.4, -0.2) is 27.0 Å². The van der Waals surface area contributed by atoms with Crippen LogP contribution in [0.25, 0.3) is 10.4 Å². The molecule has 0 aliphatic carbocycles. The fourth-order valence-electron chi connectivity index (χ4n) is 2.56. The minimum atomic E-state index is -1.11. The van der Waals surface area contributed by atoms with Crippen LogP contribution in [0.4, 0.5) is 5.69 Å². The van der Waals surface area contributed by atoms with Gasteiger partial charge in [0.15, 0.2) is 5.11 Å². The lowest BCUT2D eigenvalue weighted by atomic mass is 10.1. The number of nitrogens with zero attached hydrogens (tertiary/aromatic N) is 1. The predicted octanol–water partition coefficient (Wildman–Crippen LogP) is 5.84. The largest absolute Gasteiger partial charge is 0.506 e. The summed E-state index contributed by atoms with van der Waals surface area (Å²) in [5, 5.41) is 29.3. The number of aromatic hydroxyl groups is 1. The number of halogens is 2. The number of hydrogen-bond donors (Lipinski definition) is 4. The number of carboxylic acids is 1. The van der Waals surface area contributed by atoms with E-state index in [1.165, 1.54) is 23.5 Å². The first-order valence-electron chi connectivity index (χ1n) is 8.47. The van der Waals surface area contributed by atoms with Gasteiger partial charge >= 0.3 is 5.97 Å². The molecule has 6 nitrogen and oxygen atoms in total. The number of hydrogen-bond acceptors (Lipinski definition) is 5. The van der Waals surface area contributed by atoms with E-state index in [1.807, 2.05) is 12.1 Å². The van der Waals surface area contributed by atoms with Gasteiger partial charge in [-0.15, -0.1) is 11.3 Å². The summed E-state index contributed by atoms with van der Waals surface area (Å²) in [5.41, 5.74) is 5.11. The molecule has 0 bridgehead atoms. The highest BCUT2D eigenvalue weighted by Gasteiger charge is 2.15. The van der Waals surface area contributed by atoms with Crippen LogP contribution >= 0.6 is 46.8 Å². The highest BCUT2D eigenvalue weighted by atomic mass is 35.5. The summed E-state index contributed by atoms with van der Waals surface area (Å²) in [5.74, 6) is -1.000. The van der Waals surface area contributed by atoms with Crippen LogP contribution in [0.1, 0.15) is 22.8 Å². The summed E-state index contributed by atoms with van der Waals surface area (Å²) in [4.78, 5) is 11.7. The second-order valence-corrected chi connectivity index (χ2v) is 8.23. The average Bonchev–Trinajstić information content (AvgIpc) is 3.07. The first-order valence-corrected chi connectivity index (χ1v) is 10.5. The molecule has 0 radical (unpaired) electrons. The van der Waals surface area contributed by atoms with E-state index in [1.54, 1.807) is 30.5 Å². The third-order valence-corrected chi connectivity index (χ3v) is 5.78. The summed E-state index contributed by atoms with van der Waals surface area (Å²) in [6.45, 7) is 1.73. The van der Waals surface area contributed by atoms with Gasteiger partial charge in [0.2, 0.25) is 0 Å². The third kappa shape index (κ3) is 5.09. The number of thiocarbonyl (C=S) groups is 1. The molecule has 1 aromatic heterocycles. The Bertz CT molecular complexity index is 1160. The van der Waals surface area contributed by atoms with Gasteiger partial charge in [-0.05, 0) is 55.0 Å². The van der Waals surface area contributed by atoms with Crippen molar-refractivity contribution in [2.75, 3.05) is 5.32 Å². The van der Waals surface area contributed by atoms with Crippen molar-refractivity contribution < 1.29 is 15.0 Å². The lowest BCUT2D eigenvalue weighted by Gasteiger charge is -2.09. The molecule has 0 spiro atoms. The van der Waals surface area contributed by atoms with E-state index in [4.69, 9.17) is 40.5 Å². The Kier molecular flexibility index (Phi) is 6.94. The molecule has 0 saturated carbocycles. The van der Waals surface area contributed by atoms with E-state index in [-0.39, 0.29) is 21.4 Å². The molecule has 0 aliphatic rings. The van der Waals surface area contributed by atoms with Gasteiger partial charge in [-0.25, -0.2) is 4.79 Å². The molecule has 2 aromatic carbocycles. The standard InChI is InChI=1S/C20H15Cl2N3O3S2/c1-10(15-9-30-18(17(15)26)11-3-2-4-12(21)7-11)24-25-20(29)23-13-5-6-14(19(27)28)16(22)8-13/h2-9,26H,1H3,(H,27,28)(H2,23,25,29)/b24-10+. The molecule has 1 heterocycles. The van der Waals surface area contributed by atoms with Crippen LogP contribution < -0.4 is 10.7 Å². The van der Waals surface area contributed by atoms with E-state index < -0.39 is 5.97 Å². The van der Waals surface area contributed by atoms with Gasteiger partial charge in [0.25, 0.3) is 0 Å². The van der Waals surface area contributed by atoms with E-state index in [2.05, 4.69) is 15.8 Å². The van der Waals surface area contributed by atoms with Crippen molar-refractivity contribution in [2.24, 2.45) is 5.10 Å². The number of thiophene rings is 1. The van der Waals surface area contributed by atoms with Gasteiger partial charge in [-0.3, -0.25) is 5.43 Å². The molecule has 0 saturated heterocycles. The molecule has 3 rings (SSSR count). The first-order chi connectivity index (χ1) is 14.3. The van der Waals surface area contributed by atoms with Gasteiger partial charge in [-0.2, -0.15) is 5.10 Å². The van der Waals surface area contributed by atoms with Crippen LogP contribution in [0.15, 0.2) is 52.9 Å². The maximum absolute atomic E-state index is 11.0. The maximum Gasteiger partial charge on any atom is 0.337 e. The zero-order chi connectivity index (χ0) is 21.8. The topological polar surface area (TPSA) is 94.0 Å². The van der Waals surface area contributed by atoms with Crippen LogP contribution in [0.2, 0.25) is 10.0 Å². The van der Waals surface area contributed by atoms with E-state index in [9.17, 15) is 9.90 Å². The van der Waals surface area contributed by atoms with Crippen LogP contribution in [0.5, 0.6) is 5.75 Å². The zero-order valence-electron chi connectivity index (χ0n) is 15.4. The first kappa shape index (κ1) is 22.0. The fourth-order valence-corrected chi connectivity index (χ4v) is 4.18. The number of hydrazone groups is 1. The molecular formula is C20H15Cl2N3O3S2. The Labute approximate surface area is 191 Å². The molecular weight excluding hydrogens is 465 g/mol. The van der Waals surface area contributed by atoms with Gasteiger partial charge in [0, 0.05) is 16.1 Å². The van der Waals surface area contributed by atoms with Crippen molar-refractivity contribution in [3.63, 3.8) is 0 Å². The monoisotopic (exact) mass is 479 g/mol. The van der Waals surface area contributed by atoms with Crippen LogP contribution in [-0.2, 0) is 0 Å². The summed E-state index contributed by atoms with van der Waals surface area (Å²) < 4.78 is 0. The summed E-state index contributed by atoms with van der Waals surface area (Å²) in [6.07, 6.45) is 0. The van der Waals surface area contributed by atoms with E-state index in [0.29, 0.717) is 26.9 Å². The Balaban J connectivity index is 1.70. The number of aromatic carboxylic acids is 1. The molecule has 0 amide bonds. The second kappa shape index (κ2) is 9.44. The van der Waals surface area contributed by atoms with E-state index >= 15 is 0 Å². The highest BCUT2D eigenvalue weighted by molar-refractivity contribution is 7.80. The van der Waals surface area contributed by atoms with Crippen molar-refractivity contribution in [3.05, 3.63) is 69.0 Å². The quantitative estimate of drug-likeness (QED) is 0.208. The highest BCUT2D eigenvalue weighted by Crippen LogP contribution is 2.39. The third-order valence-electron chi connectivity index (χ3n) is 4.02. The van der Waals surface area contributed by atoms with Gasteiger partial charge in [0.05, 0.1) is 26.7 Å². The van der Waals surface area contributed by atoms with Crippen molar-refractivity contribution in [1.29, 1.82) is 0 Å². The van der Waals surface area contributed by atoms with Crippen molar-refractivity contribution >= 4 is 69.2 Å². The SMILES string of the molecule is C/C(=N\NC(=S)Nc1ccc(C(=O)O)c(Cl)c1)c1csc(-c2cccc(Cl)c2)c1O. The van der Waals surface area contributed by atoms with Gasteiger partial charge in [-0.1, -0.05) is 35.3 Å². The zero-order valence-corrected chi connectivity index (χ0v) is 18.6. The lowest BCUT2D eigenvalue weighted by molar-refractivity contribution is 0.0697. The fraction of sp³-hybridized carbons (Fsp3) is 0.0500. The molecule has 0 unspecified atom stereocenters. The van der Waals surface area contributed by atoms with Crippen molar-refractivity contribution in [2.45, 2.75) is 6.92 Å². The molecule has 3 aromatic rings. The van der Waals surface area contributed by atoms with Crippen molar-refractivity contribution in [3.8, 4) is 16.2 Å². The second-order valence-electron chi connectivity index (χ2n) is 6.10. The molecule has 0 atom stereocenters. The maximum atomic E-state index is 11.0. The van der Waals surface area contributed by atoms with Crippen LogP contribution in [0.3, 0.4) is 0 Å². The van der Waals surface area contributed by atoms with Gasteiger partial charge < -0.3 is 15.5 Å². The predicted molar refractivity (Wildman–Crippen MR) is 126 cm³/mol. The minimum Gasteiger partial charge on any atom is -0.506 e. The molecule has 154 valence electrons. The summed E-state index contributed by atoms with van der Waals surface area (Å²) in [7, 11) is 0. The minimum absolute atomic E-state index is 0.00148. The average molecular weight is 480 g/mol. The van der Waals surface area contributed by atoms with Crippen molar-refractivity contribution in [1.82, 2.24) is 5.43 Å². The number of carboxylic acid groups (broad SMARTS) is 1. The van der Waals surface area contributed by atoms with E-state index in [0.717, 1.165) is 5.56 Å². The lowest BCUT2D eigenvalue weighted by Crippen LogP contribution is -2.25. The number of benzene rings is 2. The number of carbonyl (C=O) groups is 1. The molecule has 0 aliphatic heterocycles. The molecule has 4 N–H and O–H groups in total.